The second kappa shape index (κ2) is 9.05. The van der Waals surface area contributed by atoms with E-state index in [0.717, 1.165) is 23.4 Å². The van der Waals surface area contributed by atoms with E-state index in [1.165, 1.54) is 15.7 Å². The van der Waals surface area contributed by atoms with Crippen molar-refractivity contribution in [3.05, 3.63) is 60.9 Å². The van der Waals surface area contributed by atoms with Gasteiger partial charge in [-0.2, -0.15) is 0 Å². The zero-order chi connectivity index (χ0) is 20.3. The minimum atomic E-state index is -0.652. The number of thiazole rings is 1. The van der Waals surface area contributed by atoms with Crippen LogP contribution in [0.2, 0.25) is 10.0 Å². The number of carbonyl (C=O) groups is 1. The summed E-state index contributed by atoms with van der Waals surface area (Å²) in [5.41, 5.74) is -0.0270. The summed E-state index contributed by atoms with van der Waals surface area (Å²) in [5, 5.41) is 15.4. The van der Waals surface area contributed by atoms with Gasteiger partial charge in [0.05, 0.1) is 10.0 Å². The first-order chi connectivity index (χ1) is 13.4. The van der Waals surface area contributed by atoms with Crippen molar-refractivity contribution in [2.45, 2.75) is 32.7 Å². The molecule has 147 valence electrons. The fraction of sp³-hybridized carbons (Fsp3) is 0.316. The molecule has 0 unspecified atom stereocenters. The molecule has 0 aliphatic rings. The maximum atomic E-state index is 12.6. The molecule has 0 aliphatic heterocycles. The van der Waals surface area contributed by atoms with Gasteiger partial charge < -0.3 is 5.11 Å². The van der Waals surface area contributed by atoms with Crippen LogP contribution in [0, 0.1) is 0 Å². The zero-order valence-corrected chi connectivity index (χ0v) is 17.4. The zero-order valence-electron chi connectivity index (χ0n) is 15.1. The topological polar surface area (TPSA) is 85.8 Å². The largest absolute Gasteiger partial charge is 0.501 e. The van der Waals surface area contributed by atoms with E-state index in [9.17, 15) is 14.7 Å². The predicted molar refractivity (Wildman–Crippen MR) is 111 cm³/mol. The van der Waals surface area contributed by atoms with Crippen LogP contribution in [-0.4, -0.2) is 26.8 Å². The first-order valence-electron chi connectivity index (χ1n) is 8.75. The number of hydrogen-bond donors (Lipinski definition) is 1. The van der Waals surface area contributed by atoms with Gasteiger partial charge in [-0.1, -0.05) is 47.5 Å². The van der Waals surface area contributed by atoms with E-state index >= 15 is 0 Å². The lowest BCUT2D eigenvalue weighted by Crippen LogP contribution is -2.17. The molecule has 0 amide bonds. The average Bonchev–Trinajstić information content (AvgIpc) is 3.09. The maximum Gasteiger partial charge on any atom is 0.301 e. The van der Waals surface area contributed by atoms with Crippen LogP contribution in [0.3, 0.4) is 0 Å². The Labute approximate surface area is 175 Å². The smallest absolute Gasteiger partial charge is 0.301 e. The van der Waals surface area contributed by atoms with Crippen molar-refractivity contribution >= 4 is 45.3 Å². The molecular weight excluding hydrogens is 421 g/mol. The normalized spacial score (nSPS) is 11.2. The van der Waals surface area contributed by atoms with Crippen molar-refractivity contribution in [1.82, 2.24) is 14.7 Å². The van der Waals surface area contributed by atoms with E-state index in [0.29, 0.717) is 28.0 Å². The summed E-state index contributed by atoms with van der Waals surface area (Å²) in [6.45, 7) is 3.25. The molecule has 3 rings (SSSR count). The van der Waals surface area contributed by atoms with E-state index in [1.807, 2.05) is 6.92 Å². The van der Waals surface area contributed by atoms with Crippen LogP contribution in [0.25, 0.3) is 4.96 Å². The average molecular weight is 439 g/mol. The van der Waals surface area contributed by atoms with Crippen LogP contribution in [0.1, 0.15) is 40.7 Å². The Balaban J connectivity index is 1.81. The van der Waals surface area contributed by atoms with Gasteiger partial charge in [-0.05, 0) is 30.5 Å². The van der Waals surface area contributed by atoms with Crippen molar-refractivity contribution in [3.8, 4) is 5.75 Å². The molecule has 0 spiro atoms. The summed E-state index contributed by atoms with van der Waals surface area (Å²) < 4.78 is 1.26. The number of rotatable bonds is 8. The molecular formula is C19H18Cl2N3O3S. The molecule has 2 heterocycles. The highest BCUT2D eigenvalue weighted by Gasteiger charge is 2.20. The molecule has 0 bridgehead atoms. The van der Waals surface area contributed by atoms with Crippen molar-refractivity contribution < 1.29 is 9.90 Å². The van der Waals surface area contributed by atoms with Gasteiger partial charge in [0.25, 0.3) is 0 Å². The van der Waals surface area contributed by atoms with E-state index in [-0.39, 0.29) is 12.1 Å². The molecule has 0 aliphatic carbocycles. The highest BCUT2D eigenvalue weighted by atomic mass is 35.5. The molecule has 2 aromatic heterocycles. The number of ketones is 1. The lowest BCUT2D eigenvalue weighted by molar-refractivity contribution is 0.0975. The summed E-state index contributed by atoms with van der Waals surface area (Å²) in [7, 11) is 0. The highest BCUT2D eigenvalue weighted by Crippen LogP contribution is 2.24. The molecule has 1 radical (unpaired) electrons. The van der Waals surface area contributed by atoms with E-state index in [1.54, 1.807) is 24.4 Å². The van der Waals surface area contributed by atoms with Gasteiger partial charge in [-0.15, -0.1) is 0 Å². The second-order valence-electron chi connectivity index (χ2n) is 6.24. The van der Waals surface area contributed by atoms with Crippen LogP contribution in [0.4, 0.5) is 0 Å². The number of aryl methyl sites for hydroxylation is 1. The van der Waals surface area contributed by atoms with Crippen molar-refractivity contribution in [3.63, 3.8) is 0 Å². The number of fused-ring (bicyclic) bond motifs is 1. The van der Waals surface area contributed by atoms with Gasteiger partial charge in [-0.25, -0.2) is 10.3 Å². The van der Waals surface area contributed by atoms with Crippen LogP contribution >= 0.6 is 34.5 Å². The minimum absolute atomic E-state index is 0.0815. The van der Waals surface area contributed by atoms with Gasteiger partial charge >= 0.3 is 5.56 Å². The Bertz CT molecular complexity index is 1080. The third kappa shape index (κ3) is 4.55. The number of carbonyl (C=O) groups excluding carboxylic acids is 1. The van der Waals surface area contributed by atoms with Crippen LogP contribution in [0.5, 0.6) is 5.75 Å². The number of halogens is 2. The monoisotopic (exact) mass is 438 g/mol. The standard InChI is InChI=1S/C19H18Cl2N3O3S/c1-2-7-22-9-12-10-24-18(27)17(26)16(23-19(24)28-12)15(25)6-4-11-3-5-13(20)14(21)8-11/h3,5,8,10,26H,2,4,6-7,9H2,1H3. The first-order valence-corrected chi connectivity index (χ1v) is 10.3. The van der Waals surface area contributed by atoms with Crippen LogP contribution in [-0.2, 0) is 13.0 Å². The Kier molecular flexibility index (Phi) is 6.72. The lowest BCUT2D eigenvalue weighted by atomic mass is 10.1. The number of aromatic nitrogens is 2. The third-order valence-electron chi connectivity index (χ3n) is 4.09. The Morgan fingerprint density at radius 2 is 2.11 bits per heavy atom. The molecule has 0 saturated carbocycles. The van der Waals surface area contributed by atoms with E-state index in [4.69, 9.17) is 23.2 Å². The van der Waals surface area contributed by atoms with Crippen LogP contribution in [0.15, 0.2) is 29.2 Å². The van der Waals surface area contributed by atoms with Gasteiger partial charge in [0, 0.05) is 30.6 Å². The summed E-state index contributed by atoms with van der Waals surface area (Å²) in [6.07, 6.45) is 3.03. The summed E-state index contributed by atoms with van der Waals surface area (Å²) in [6, 6.07) is 5.13. The fourth-order valence-electron chi connectivity index (χ4n) is 2.66. The van der Waals surface area contributed by atoms with Gasteiger partial charge in [0.15, 0.2) is 16.4 Å². The van der Waals surface area contributed by atoms with E-state index in [2.05, 4.69) is 10.3 Å². The predicted octanol–water partition coefficient (Wildman–Crippen LogP) is 4.10. The highest BCUT2D eigenvalue weighted by molar-refractivity contribution is 7.17. The van der Waals surface area contributed by atoms with Gasteiger partial charge in [-0.3, -0.25) is 14.0 Å². The molecule has 28 heavy (non-hydrogen) atoms. The van der Waals surface area contributed by atoms with Crippen LogP contribution < -0.4 is 10.9 Å². The molecule has 0 fully saturated rings. The quantitative estimate of drug-likeness (QED) is 0.423. The third-order valence-corrected chi connectivity index (χ3v) is 5.80. The number of benzene rings is 1. The number of nitrogens with zero attached hydrogens (tertiary/aromatic N) is 3. The molecule has 0 atom stereocenters. The van der Waals surface area contributed by atoms with Gasteiger partial charge in [0.1, 0.15) is 0 Å². The Morgan fingerprint density at radius 1 is 1.32 bits per heavy atom. The molecule has 1 aromatic carbocycles. The molecule has 3 aromatic rings. The lowest BCUT2D eigenvalue weighted by Gasteiger charge is -2.05. The first kappa shape index (κ1) is 20.8. The number of aromatic hydroxyl groups is 1. The fourth-order valence-corrected chi connectivity index (χ4v) is 3.90. The number of hydrogen-bond acceptors (Lipinski definition) is 5. The van der Waals surface area contributed by atoms with Crippen molar-refractivity contribution in [2.75, 3.05) is 6.54 Å². The summed E-state index contributed by atoms with van der Waals surface area (Å²) in [5.74, 6) is -1.04. The molecule has 9 heteroatoms. The molecule has 1 N–H and O–H groups in total. The van der Waals surface area contributed by atoms with Crippen molar-refractivity contribution in [2.24, 2.45) is 0 Å². The minimum Gasteiger partial charge on any atom is -0.501 e. The second-order valence-corrected chi connectivity index (χ2v) is 8.15. The summed E-state index contributed by atoms with van der Waals surface area (Å²) in [4.78, 5) is 30.4. The maximum absolute atomic E-state index is 12.6. The van der Waals surface area contributed by atoms with Crippen molar-refractivity contribution in [1.29, 1.82) is 0 Å². The van der Waals surface area contributed by atoms with Gasteiger partial charge in [0.2, 0.25) is 5.75 Å². The molecule has 0 saturated heterocycles. The summed E-state index contributed by atoms with van der Waals surface area (Å²) >= 11 is 13.2. The Morgan fingerprint density at radius 3 is 2.82 bits per heavy atom. The molecule has 6 nitrogen and oxygen atoms in total. The SMILES string of the molecule is CCC[N]Cc1cn2c(=O)c(O)c(C(=O)CCc3ccc(Cl)c(Cl)c3)nc2s1. The number of Topliss-reactive ketones (excluding diaryl/α,β-unsaturated/α-hetero) is 1. The van der Waals surface area contributed by atoms with E-state index < -0.39 is 17.1 Å². The Hall–Kier alpha value is -1.93.